The molecule has 4 rings (SSSR count). The quantitative estimate of drug-likeness (QED) is 0.664. The lowest BCUT2D eigenvalue weighted by atomic mass is 9.97. The minimum absolute atomic E-state index is 0. The minimum atomic E-state index is 0. The maximum absolute atomic E-state index is 12.9. The van der Waals surface area contributed by atoms with Crippen molar-refractivity contribution in [3.8, 4) is 11.4 Å². The van der Waals surface area contributed by atoms with Crippen LogP contribution < -0.4 is 5.73 Å². The number of benzene rings is 2. The van der Waals surface area contributed by atoms with Crippen molar-refractivity contribution in [1.82, 2.24) is 15.0 Å². The Morgan fingerprint density at radius 2 is 1.90 bits per heavy atom. The Labute approximate surface area is 180 Å². The van der Waals surface area contributed by atoms with Gasteiger partial charge in [0.2, 0.25) is 11.7 Å². The number of carbonyl (C=O) groups excluding carboxylic acids is 1. The smallest absolute Gasteiger partial charge is 0.253 e. The molecule has 0 saturated carbocycles. The molecule has 0 bridgehead atoms. The van der Waals surface area contributed by atoms with Crippen molar-refractivity contribution in [1.29, 1.82) is 0 Å². The van der Waals surface area contributed by atoms with E-state index in [1.807, 2.05) is 41.3 Å². The number of halogens is 2. The van der Waals surface area contributed by atoms with Gasteiger partial charge >= 0.3 is 0 Å². The SMILES string of the molecule is Cl.NCc1ccc(C(=O)N2CCCC(c3nc(-c4ccc(Cl)cc4)no3)C2)cc1. The standard InChI is InChI=1S/C21H21ClN4O2.ClH/c22-18-9-7-15(8-10-18)19-24-20(28-25-19)17-2-1-11-26(13-17)21(27)16-5-3-14(12-23)4-6-16;/h3-10,17H,1-2,11-13,23H2;1H. The van der Waals surface area contributed by atoms with Crippen molar-refractivity contribution in [2.75, 3.05) is 13.1 Å². The van der Waals surface area contributed by atoms with E-state index in [0.717, 1.165) is 30.5 Å². The number of nitrogens with two attached hydrogens (primary N) is 1. The van der Waals surface area contributed by atoms with Crippen molar-refractivity contribution in [2.45, 2.75) is 25.3 Å². The van der Waals surface area contributed by atoms with Gasteiger partial charge < -0.3 is 15.2 Å². The molecule has 2 heterocycles. The highest BCUT2D eigenvalue weighted by Gasteiger charge is 2.29. The van der Waals surface area contributed by atoms with Gasteiger partial charge in [0.05, 0.1) is 5.92 Å². The molecule has 0 radical (unpaired) electrons. The lowest BCUT2D eigenvalue weighted by Gasteiger charge is -2.31. The van der Waals surface area contributed by atoms with Gasteiger partial charge in [0.1, 0.15) is 0 Å². The highest BCUT2D eigenvalue weighted by molar-refractivity contribution is 6.30. The summed E-state index contributed by atoms with van der Waals surface area (Å²) in [7, 11) is 0. The maximum atomic E-state index is 12.9. The van der Waals surface area contributed by atoms with Gasteiger partial charge in [-0.15, -0.1) is 12.4 Å². The summed E-state index contributed by atoms with van der Waals surface area (Å²) in [5.74, 6) is 1.16. The fraction of sp³-hybridized carbons (Fsp3) is 0.286. The monoisotopic (exact) mass is 432 g/mol. The zero-order valence-corrected chi connectivity index (χ0v) is 17.3. The summed E-state index contributed by atoms with van der Waals surface area (Å²) in [6, 6.07) is 14.8. The molecule has 29 heavy (non-hydrogen) atoms. The third-order valence-electron chi connectivity index (χ3n) is 5.04. The Bertz CT molecular complexity index is 958. The summed E-state index contributed by atoms with van der Waals surface area (Å²) in [4.78, 5) is 19.3. The summed E-state index contributed by atoms with van der Waals surface area (Å²) in [6.45, 7) is 1.76. The van der Waals surface area contributed by atoms with E-state index in [1.165, 1.54) is 0 Å². The van der Waals surface area contributed by atoms with Crippen molar-refractivity contribution < 1.29 is 9.32 Å². The van der Waals surface area contributed by atoms with Crippen LogP contribution in [0.4, 0.5) is 0 Å². The molecular weight excluding hydrogens is 411 g/mol. The van der Waals surface area contributed by atoms with Gasteiger partial charge in [-0.1, -0.05) is 28.9 Å². The first-order chi connectivity index (χ1) is 13.6. The number of carbonyl (C=O) groups is 1. The van der Waals surface area contributed by atoms with Crippen LogP contribution in [0.2, 0.25) is 5.02 Å². The average molecular weight is 433 g/mol. The van der Waals surface area contributed by atoms with Gasteiger partial charge in [-0.3, -0.25) is 4.79 Å². The zero-order valence-electron chi connectivity index (χ0n) is 15.8. The maximum Gasteiger partial charge on any atom is 0.253 e. The summed E-state index contributed by atoms with van der Waals surface area (Å²) in [5, 5.41) is 4.75. The molecule has 0 aliphatic carbocycles. The minimum Gasteiger partial charge on any atom is -0.339 e. The van der Waals surface area contributed by atoms with E-state index >= 15 is 0 Å². The molecule has 1 saturated heterocycles. The first-order valence-electron chi connectivity index (χ1n) is 9.32. The van der Waals surface area contributed by atoms with E-state index < -0.39 is 0 Å². The molecule has 1 unspecified atom stereocenters. The molecule has 8 heteroatoms. The molecule has 152 valence electrons. The summed E-state index contributed by atoms with van der Waals surface area (Å²) >= 11 is 5.93. The van der Waals surface area contributed by atoms with Crippen LogP contribution in [-0.2, 0) is 6.54 Å². The van der Waals surface area contributed by atoms with Gasteiger partial charge in [0.15, 0.2) is 0 Å². The van der Waals surface area contributed by atoms with E-state index in [4.69, 9.17) is 21.9 Å². The zero-order chi connectivity index (χ0) is 19.5. The average Bonchev–Trinajstić information content (AvgIpc) is 3.24. The molecule has 1 aliphatic heterocycles. The molecule has 1 amide bonds. The Morgan fingerprint density at radius 1 is 1.17 bits per heavy atom. The lowest BCUT2D eigenvalue weighted by molar-refractivity contribution is 0.0695. The topological polar surface area (TPSA) is 85.3 Å². The fourth-order valence-corrected chi connectivity index (χ4v) is 3.57. The van der Waals surface area contributed by atoms with E-state index in [9.17, 15) is 4.79 Å². The molecule has 0 spiro atoms. The van der Waals surface area contributed by atoms with Crippen molar-refractivity contribution in [3.05, 3.63) is 70.6 Å². The van der Waals surface area contributed by atoms with Gasteiger partial charge in [-0.25, -0.2) is 0 Å². The van der Waals surface area contributed by atoms with Crippen molar-refractivity contribution in [2.24, 2.45) is 5.73 Å². The van der Waals surface area contributed by atoms with Crippen LogP contribution in [0.15, 0.2) is 53.1 Å². The molecule has 2 N–H and O–H groups in total. The van der Waals surface area contributed by atoms with Crippen molar-refractivity contribution >= 4 is 29.9 Å². The number of hydrogen-bond donors (Lipinski definition) is 1. The van der Waals surface area contributed by atoms with E-state index in [1.54, 1.807) is 12.1 Å². The second kappa shape index (κ2) is 9.39. The van der Waals surface area contributed by atoms with Crippen LogP contribution in [0.25, 0.3) is 11.4 Å². The van der Waals surface area contributed by atoms with Gasteiger partial charge in [0, 0.05) is 35.8 Å². The third-order valence-corrected chi connectivity index (χ3v) is 5.29. The molecule has 6 nitrogen and oxygen atoms in total. The van der Waals surface area contributed by atoms with Gasteiger partial charge in [-0.05, 0) is 54.8 Å². The largest absolute Gasteiger partial charge is 0.339 e. The number of piperidine rings is 1. The normalized spacial score (nSPS) is 16.3. The molecule has 1 aromatic heterocycles. The Balaban J connectivity index is 0.00000240. The molecule has 1 aliphatic rings. The first kappa shape index (κ1) is 21.3. The molecule has 3 aromatic rings. The van der Waals surface area contributed by atoms with Crippen LogP contribution in [0.3, 0.4) is 0 Å². The Morgan fingerprint density at radius 3 is 2.59 bits per heavy atom. The number of hydrogen-bond acceptors (Lipinski definition) is 5. The highest BCUT2D eigenvalue weighted by Crippen LogP contribution is 2.28. The van der Waals surface area contributed by atoms with Crippen LogP contribution in [-0.4, -0.2) is 34.0 Å². The van der Waals surface area contributed by atoms with E-state index in [-0.39, 0.29) is 24.2 Å². The number of aromatic nitrogens is 2. The van der Waals surface area contributed by atoms with Crippen LogP contribution in [0, 0.1) is 0 Å². The highest BCUT2D eigenvalue weighted by atomic mass is 35.5. The number of amides is 1. The van der Waals surface area contributed by atoms with Gasteiger partial charge in [0.25, 0.3) is 5.91 Å². The Kier molecular flexibility index (Phi) is 6.90. The first-order valence-corrected chi connectivity index (χ1v) is 9.69. The summed E-state index contributed by atoms with van der Waals surface area (Å²) in [5.41, 5.74) is 8.16. The summed E-state index contributed by atoms with van der Waals surface area (Å²) < 4.78 is 5.51. The third kappa shape index (κ3) is 4.78. The lowest BCUT2D eigenvalue weighted by Crippen LogP contribution is -2.39. The second-order valence-corrected chi connectivity index (χ2v) is 7.39. The van der Waals surface area contributed by atoms with Crippen LogP contribution in [0.5, 0.6) is 0 Å². The molecule has 2 aromatic carbocycles. The van der Waals surface area contributed by atoms with E-state index in [0.29, 0.717) is 35.4 Å². The molecule has 1 fully saturated rings. The van der Waals surface area contributed by atoms with Crippen molar-refractivity contribution in [3.63, 3.8) is 0 Å². The predicted octanol–water partition coefficient (Wildman–Crippen LogP) is 4.29. The predicted molar refractivity (Wildman–Crippen MR) is 114 cm³/mol. The van der Waals surface area contributed by atoms with Crippen LogP contribution >= 0.6 is 24.0 Å². The Hall–Kier alpha value is -2.41. The molecule has 1 atom stereocenters. The number of rotatable bonds is 4. The summed E-state index contributed by atoms with van der Waals surface area (Å²) in [6.07, 6.45) is 1.81. The van der Waals surface area contributed by atoms with Crippen LogP contribution in [0.1, 0.15) is 40.6 Å². The molecular formula is C21H22Cl2N4O2. The fourth-order valence-electron chi connectivity index (χ4n) is 3.45. The van der Waals surface area contributed by atoms with Gasteiger partial charge in [-0.2, -0.15) is 4.98 Å². The van der Waals surface area contributed by atoms with E-state index in [2.05, 4.69) is 10.1 Å². The second-order valence-electron chi connectivity index (χ2n) is 6.95. The number of nitrogens with zero attached hydrogens (tertiary/aromatic N) is 3. The number of likely N-dealkylation sites (tertiary alicyclic amines) is 1.